The lowest BCUT2D eigenvalue weighted by atomic mass is 10.2. The van der Waals surface area contributed by atoms with Crippen molar-refractivity contribution in [3.8, 4) is 5.75 Å². The Morgan fingerprint density at radius 1 is 0.938 bits per heavy atom. The Morgan fingerprint density at radius 2 is 1.62 bits per heavy atom. The Kier molecular flexibility index (Phi) is 3.34. The second kappa shape index (κ2) is 5.12. The molecule has 0 aliphatic rings. The summed E-state index contributed by atoms with van der Waals surface area (Å²) in [6.45, 7) is 0. The summed E-state index contributed by atoms with van der Waals surface area (Å²) in [5.41, 5.74) is 2.02. The van der Waals surface area contributed by atoms with Crippen molar-refractivity contribution >= 4 is 11.9 Å². The number of hydrogen-bond donors (Lipinski definition) is 0. The lowest BCUT2D eigenvalue weighted by Crippen LogP contribution is -1.81. The summed E-state index contributed by atoms with van der Waals surface area (Å²) in [6, 6.07) is 17.7. The first kappa shape index (κ1) is 10.4. The minimum absolute atomic E-state index is 0.846. The quantitative estimate of drug-likeness (QED) is 0.712. The molecule has 0 atom stereocenters. The van der Waals surface area contributed by atoms with E-state index >= 15 is 0 Å². The molecule has 2 heteroatoms. The van der Waals surface area contributed by atoms with E-state index in [9.17, 15) is 0 Å². The molecule has 0 radical (unpaired) electrons. The smallest absolute Gasteiger partial charge is 0.119 e. The van der Waals surface area contributed by atoms with Gasteiger partial charge in [-0.25, -0.2) is 0 Å². The largest absolute Gasteiger partial charge is 0.497 e. The molecular weight excluding hydrogens is 198 g/mol. The van der Waals surface area contributed by atoms with E-state index in [1.807, 2.05) is 60.8 Å². The van der Waals surface area contributed by atoms with Gasteiger partial charge in [0.05, 0.1) is 12.8 Å². The highest BCUT2D eigenvalue weighted by Gasteiger charge is 1.90. The Bertz CT molecular complexity index is 460. The van der Waals surface area contributed by atoms with Crippen molar-refractivity contribution in [2.75, 3.05) is 7.11 Å². The molecule has 0 saturated carbocycles. The van der Waals surface area contributed by atoms with Gasteiger partial charge in [-0.2, -0.15) is 0 Å². The van der Waals surface area contributed by atoms with Gasteiger partial charge >= 0.3 is 0 Å². The molecule has 0 heterocycles. The molecule has 0 aromatic heterocycles. The van der Waals surface area contributed by atoms with Gasteiger partial charge in [0.2, 0.25) is 0 Å². The molecule has 0 spiro atoms. The fourth-order valence-electron chi connectivity index (χ4n) is 1.36. The fraction of sp³-hybridized carbons (Fsp3) is 0.0714. The molecule has 2 nitrogen and oxygen atoms in total. The van der Waals surface area contributed by atoms with Gasteiger partial charge in [0.15, 0.2) is 0 Å². The zero-order chi connectivity index (χ0) is 11.2. The molecule has 2 aromatic rings. The average Bonchev–Trinajstić information content (AvgIpc) is 2.38. The third-order valence-corrected chi connectivity index (χ3v) is 2.23. The van der Waals surface area contributed by atoms with E-state index in [-0.39, 0.29) is 0 Å². The van der Waals surface area contributed by atoms with E-state index < -0.39 is 0 Å². The molecule has 0 fully saturated rings. The van der Waals surface area contributed by atoms with Crippen LogP contribution in [-0.4, -0.2) is 13.3 Å². The van der Waals surface area contributed by atoms with Crippen LogP contribution in [0, 0.1) is 0 Å². The first-order valence-electron chi connectivity index (χ1n) is 5.11. The standard InChI is InChI=1S/C14H13NO/c1-16-14-9-7-13(8-10-14)15-11-12-5-3-2-4-6-12/h2-11H,1H3/b15-11+. The summed E-state index contributed by atoms with van der Waals surface area (Å²) in [7, 11) is 1.66. The lowest BCUT2D eigenvalue weighted by molar-refractivity contribution is 0.415. The summed E-state index contributed by atoms with van der Waals surface area (Å²) >= 11 is 0. The van der Waals surface area contributed by atoms with Crippen molar-refractivity contribution in [2.24, 2.45) is 4.99 Å². The van der Waals surface area contributed by atoms with Crippen LogP contribution in [0.5, 0.6) is 5.75 Å². The predicted octanol–water partition coefficient (Wildman–Crippen LogP) is 3.45. The molecule has 0 bridgehead atoms. The second-order valence-electron chi connectivity index (χ2n) is 3.37. The number of ether oxygens (including phenoxy) is 1. The molecular formula is C14H13NO. The van der Waals surface area contributed by atoms with Gasteiger partial charge in [0.25, 0.3) is 0 Å². The van der Waals surface area contributed by atoms with Crippen molar-refractivity contribution in [3.05, 3.63) is 60.2 Å². The van der Waals surface area contributed by atoms with E-state index in [1.54, 1.807) is 7.11 Å². The van der Waals surface area contributed by atoms with Crippen LogP contribution in [0.25, 0.3) is 0 Å². The minimum atomic E-state index is 0.846. The van der Waals surface area contributed by atoms with Gasteiger partial charge in [-0.1, -0.05) is 30.3 Å². The SMILES string of the molecule is COc1ccc(/N=C/c2ccccc2)cc1. The number of hydrogen-bond acceptors (Lipinski definition) is 2. The first-order chi connectivity index (χ1) is 7.88. The van der Waals surface area contributed by atoms with Gasteiger partial charge < -0.3 is 4.74 Å². The topological polar surface area (TPSA) is 21.6 Å². The average molecular weight is 211 g/mol. The maximum atomic E-state index is 5.08. The molecule has 0 aliphatic heterocycles. The van der Waals surface area contributed by atoms with Crippen LogP contribution in [0.3, 0.4) is 0 Å². The van der Waals surface area contributed by atoms with Gasteiger partial charge in [-0.15, -0.1) is 0 Å². The third kappa shape index (κ3) is 2.70. The minimum Gasteiger partial charge on any atom is -0.497 e. The maximum absolute atomic E-state index is 5.08. The van der Waals surface area contributed by atoms with Crippen molar-refractivity contribution in [1.82, 2.24) is 0 Å². The second-order valence-corrected chi connectivity index (χ2v) is 3.37. The Balaban J connectivity index is 2.12. The zero-order valence-corrected chi connectivity index (χ0v) is 9.13. The molecule has 2 aromatic carbocycles. The maximum Gasteiger partial charge on any atom is 0.119 e. The summed E-state index contributed by atoms with van der Waals surface area (Å²) in [6.07, 6.45) is 1.85. The Morgan fingerprint density at radius 3 is 2.25 bits per heavy atom. The van der Waals surface area contributed by atoms with Crippen molar-refractivity contribution in [1.29, 1.82) is 0 Å². The molecule has 2 rings (SSSR count). The number of aliphatic imine (C=N–C) groups is 1. The summed E-state index contributed by atoms with van der Waals surface area (Å²) in [5.74, 6) is 0.846. The number of nitrogens with zero attached hydrogens (tertiary/aromatic N) is 1. The van der Waals surface area contributed by atoms with Crippen molar-refractivity contribution in [2.45, 2.75) is 0 Å². The van der Waals surface area contributed by atoms with E-state index in [0.29, 0.717) is 0 Å². The molecule has 0 unspecified atom stereocenters. The van der Waals surface area contributed by atoms with Crippen LogP contribution < -0.4 is 4.74 Å². The Labute approximate surface area is 95.2 Å². The predicted molar refractivity (Wildman–Crippen MR) is 66.7 cm³/mol. The van der Waals surface area contributed by atoms with Crippen molar-refractivity contribution < 1.29 is 4.74 Å². The van der Waals surface area contributed by atoms with E-state index in [2.05, 4.69) is 4.99 Å². The number of benzene rings is 2. The summed E-state index contributed by atoms with van der Waals surface area (Å²) in [5, 5.41) is 0. The van der Waals surface area contributed by atoms with Crippen LogP contribution >= 0.6 is 0 Å². The Hall–Kier alpha value is -2.09. The molecule has 0 amide bonds. The van der Waals surface area contributed by atoms with Crippen LogP contribution in [-0.2, 0) is 0 Å². The van der Waals surface area contributed by atoms with Gasteiger partial charge in [0, 0.05) is 6.21 Å². The van der Waals surface area contributed by atoms with Gasteiger partial charge in [-0.3, -0.25) is 4.99 Å². The monoisotopic (exact) mass is 211 g/mol. The van der Waals surface area contributed by atoms with E-state index in [1.165, 1.54) is 0 Å². The highest BCUT2D eigenvalue weighted by atomic mass is 16.5. The lowest BCUT2D eigenvalue weighted by Gasteiger charge is -1.98. The highest BCUT2D eigenvalue weighted by Crippen LogP contribution is 2.17. The van der Waals surface area contributed by atoms with E-state index in [4.69, 9.17) is 4.74 Å². The van der Waals surface area contributed by atoms with Crippen LogP contribution in [0.4, 0.5) is 5.69 Å². The van der Waals surface area contributed by atoms with E-state index in [0.717, 1.165) is 17.0 Å². The van der Waals surface area contributed by atoms with Crippen LogP contribution in [0.2, 0.25) is 0 Å². The first-order valence-corrected chi connectivity index (χ1v) is 5.11. The zero-order valence-electron chi connectivity index (χ0n) is 9.13. The van der Waals surface area contributed by atoms with Crippen LogP contribution in [0.15, 0.2) is 59.6 Å². The molecule has 0 aliphatic carbocycles. The van der Waals surface area contributed by atoms with Gasteiger partial charge in [-0.05, 0) is 29.8 Å². The number of methoxy groups -OCH3 is 1. The van der Waals surface area contributed by atoms with Crippen LogP contribution in [0.1, 0.15) is 5.56 Å². The molecule has 16 heavy (non-hydrogen) atoms. The van der Waals surface area contributed by atoms with Crippen molar-refractivity contribution in [3.63, 3.8) is 0 Å². The molecule has 80 valence electrons. The molecule has 0 saturated heterocycles. The molecule has 0 N–H and O–H groups in total. The summed E-state index contributed by atoms with van der Waals surface area (Å²) in [4.78, 5) is 4.37. The number of rotatable bonds is 3. The fourth-order valence-corrected chi connectivity index (χ4v) is 1.36. The third-order valence-electron chi connectivity index (χ3n) is 2.23. The summed E-state index contributed by atoms with van der Waals surface area (Å²) < 4.78 is 5.08. The van der Waals surface area contributed by atoms with Gasteiger partial charge in [0.1, 0.15) is 5.75 Å². The normalized spacial score (nSPS) is 10.6. The highest BCUT2D eigenvalue weighted by molar-refractivity contribution is 5.81.